The predicted molar refractivity (Wildman–Crippen MR) is 144 cm³/mol. The van der Waals surface area contributed by atoms with Crippen LogP contribution in [0.4, 0.5) is 5.69 Å². The number of nitrogens with one attached hydrogen (secondary N) is 3. The Morgan fingerprint density at radius 1 is 1.00 bits per heavy atom. The molecule has 1 aliphatic rings. The van der Waals surface area contributed by atoms with Crippen molar-refractivity contribution in [3.05, 3.63) is 75.8 Å². The number of carbonyl (C=O) groups is 3. The number of amides is 3. The summed E-state index contributed by atoms with van der Waals surface area (Å²) in [5.41, 5.74) is 3.76. The van der Waals surface area contributed by atoms with Crippen molar-refractivity contribution in [3.8, 4) is 23.0 Å². The van der Waals surface area contributed by atoms with Gasteiger partial charge in [-0.25, -0.2) is 5.43 Å². The average molecular weight is 573 g/mol. The van der Waals surface area contributed by atoms with Gasteiger partial charge in [0.2, 0.25) is 6.79 Å². The standard InChI is InChI=1S/C26H22Cl2N4O7/c1-36-22-10-16(8-18(28)24(22)37-13-23(33)31-19-5-3-2-4-17(19)27)12-30-32-26(35)25(34)29-11-15-6-7-20-21(9-15)39-14-38-20/h2-10,12H,11,13-14H2,1H3,(H,29,34)(H,31,33)(H,32,35)/b30-12-. The first-order valence-corrected chi connectivity index (χ1v) is 12.1. The minimum atomic E-state index is -0.963. The van der Waals surface area contributed by atoms with E-state index in [1.165, 1.54) is 25.5 Å². The summed E-state index contributed by atoms with van der Waals surface area (Å²) in [6.07, 6.45) is 1.27. The molecule has 1 aliphatic heterocycles. The molecule has 0 saturated carbocycles. The topological polar surface area (TPSA) is 137 Å². The van der Waals surface area contributed by atoms with Crippen LogP contribution in [-0.2, 0) is 20.9 Å². The first-order chi connectivity index (χ1) is 18.8. The lowest BCUT2D eigenvalue weighted by molar-refractivity contribution is -0.139. The highest BCUT2D eigenvalue weighted by atomic mass is 35.5. The lowest BCUT2D eigenvalue weighted by Gasteiger charge is -2.13. The van der Waals surface area contributed by atoms with Crippen LogP contribution >= 0.6 is 23.2 Å². The van der Waals surface area contributed by atoms with Gasteiger partial charge in [-0.1, -0.05) is 41.4 Å². The molecule has 3 amide bonds. The second kappa shape index (κ2) is 12.9. The molecule has 0 fully saturated rings. The average Bonchev–Trinajstić information content (AvgIpc) is 3.40. The molecule has 39 heavy (non-hydrogen) atoms. The van der Waals surface area contributed by atoms with Gasteiger partial charge in [0.25, 0.3) is 5.91 Å². The first-order valence-electron chi connectivity index (χ1n) is 11.4. The molecule has 202 valence electrons. The van der Waals surface area contributed by atoms with Gasteiger partial charge < -0.3 is 29.6 Å². The van der Waals surface area contributed by atoms with E-state index in [-0.39, 0.29) is 36.5 Å². The van der Waals surface area contributed by atoms with Crippen LogP contribution in [0.5, 0.6) is 23.0 Å². The molecule has 0 aromatic heterocycles. The zero-order chi connectivity index (χ0) is 27.8. The molecule has 0 aliphatic carbocycles. The Kier molecular flexibility index (Phi) is 9.08. The van der Waals surface area contributed by atoms with Crippen LogP contribution in [0, 0.1) is 0 Å². The van der Waals surface area contributed by atoms with Gasteiger partial charge in [-0.2, -0.15) is 5.10 Å². The van der Waals surface area contributed by atoms with Crippen LogP contribution < -0.4 is 35.0 Å². The highest BCUT2D eigenvalue weighted by Crippen LogP contribution is 2.36. The van der Waals surface area contributed by atoms with E-state index < -0.39 is 17.7 Å². The number of anilines is 1. The van der Waals surface area contributed by atoms with Crippen LogP contribution in [-0.4, -0.2) is 44.4 Å². The van der Waals surface area contributed by atoms with E-state index in [0.29, 0.717) is 27.8 Å². The third kappa shape index (κ3) is 7.30. The SMILES string of the molecule is COc1cc(/C=N\NC(=O)C(=O)NCc2ccc3c(c2)OCO3)cc(Cl)c1OCC(=O)Nc1ccccc1Cl. The van der Waals surface area contributed by atoms with E-state index in [1.807, 2.05) is 0 Å². The van der Waals surface area contributed by atoms with Crippen molar-refractivity contribution in [1.82, 2.24) is 10.7 Å². The summed E-state index contributed by atoms with van der Waals surface area (Å²) in [7, 11) is 1.40. The van der Waals surface area contributed by atoms with E-state index in [4.69, 9.17) is 42.1 Å². The summed E-state index contributed by atoms with van der Waals surface area (Å²) in [5, 5.41) is 9.44. The van der Waals surface area contributed by atoms with Crippen molar-refractivity contribution in [2.24, 2.45) is 5.10 Å². The molecule has 1 heterocycles. The third-order valence-electron chi connectivity index (χ3n) is 5.22. The second-order valence-electron chi connectivity index (χ2n) is 7.92. The number of para-hydroxylation sites is 1. The zero-order valence-corrected chi connectivity index (χ0v) is 22.0. The molecule has 0 bridgehead atoms. The monoisotopic (exact) mass is 572 g/mol. The fourth-order valence-corrected chi connectivity index (χ4v) is 3.83. The lowest BCUT2D eigenvalue weighted by Crippen LogP contribution is -2.37. The number of fused-ring (bicyclic) bond motifs is 1. The van der Waals surface area contributed by atoms with Crippen LogP contribution in [0.1, 0.15) is 11.1 Å². The fourth-order valence-electron chi connectivity index (χ4n) is 3.37. The molecule has 3 aromatic rings. The molecule has 11 nitrogen and oxygen atoms in total. The quantitative estimate of drug-likeness (QED) is 0.203. The van der Waals surface area contributed by atoms with Crippen molar-refractivity contribution >= 4 is 52.8 Å². The second-order valence-corrected chi connectivity index (χ2v) is 8.73. The molecule has 0 saturated heterocycles. The molecule has 13 heteroatoms. The Labute approximate surface area is 233 Å². The van der Waals surface area contributed by atoms with E-state index in [9.17, 15) is 14.4 Å². The molecule has 4 rings (SSSR count). The van der Waals surface area contributed by atoms with Crippen molar-refractivity contribution in [2.75, 3.05) is 25.8 Å². The summed E-state index contributed by atoms with van der Waals surface area (Å²) >= 11 is 12.4. The van der Waals surface area contributed by atoms with Gasteiger partial charge in [0, 0.05) is 6.54 Å². The highest BCUT2D eigenvalue weighted by molar-refractivity contribution is 6.35. The van der Waals surface area contributed by atoms with E-state index in [0.717, 1.165) is 5.56 Å². The Morgan fingerprint density at radius 2 is 1.79 bits per heavy atom. The number of hydrazone groups is 1. The number of hydrogen-bond donors (Lipinski definition) is 3. The van der Waals surface area contributed by atoms with Crippen molar-refractivity contribution in [3.63, 3.8) is 0 Å². The minimum absolute atomic E-state index is 0.108. The van der Waals surface area contributed by atoms with Crippen LogP contribution in [0.2, 0.25) is 10.0 Å². The maximum Gasteiger partial charge on any atom is 0.329 e. The lowest BCUT2D eigenvalue weighted by atomic mass is 10.2. The predicted octanol–water partition coefficient (Wildman–Crippen LogP) is 3.51. The summed E-state index contributed by atoms with van der Waals surface area (Å²) in [4.78, 5) is 36.5. The number of benzene rings is 3. The fraction of sp³-hybridized carbons (Fsp3) is 0.154. The number of rotatable bonds is 9. The van der Waals surface area contributed by atoms with Crippen molar-refractivity contribution < 1.29 is 33.3 Å². The van der Waals surface area contributed by atoms with E-state index >= 15 is 0 Å². The Hall–Kier alpha value is -4.48. The van der Waals surface area contributed by atoms with Gasteiger partial charge in [-0.15, -0.1) is 0 Å². The minimum Gasteiger partial charge on any atom is -0.493 e. The number of methoxy groups -OCH3 is 1. The number of carbonyl (C=O) groups excluding carboxylic acids is 3. The molecule has 3 N–H and O–H groups in total. The summed E-state index contributed by atoms with van der Waals surface area (Å²) in [6, 6.07) is 15.0. The normalized spacial score (nSPS) is 11.7. The first kappa shape index (κ1) is 27.6. The van der Waals surface area contributed by atoms with Gasteiger partial charge in [0.15, 0.2) is 29.6 Å². The van der Waals surface area contributed by atoms with E-state index in [1.54, 1.807) is 42.5 Å². The highest BCUT2D eigenvalue weighted by Gasteiger charge is 2.17. The van der Waals surface area contributed by atoms with Gasteiger partial charge in [0.05, 0.1) is 29.1 Å². The van der Waals surface area contributed by atoms with Crippen LogP contribution in [0.3, 0.4) is 0 Å². The summed E-state index contributed by atoms with van der Waals surface area (Å²) in [6.45, 7) is -0.108. The van der Waals surface area contributed by atoms with Crippen LogP contribution in [0.25, 0.3) is 0 Å². The Morgan fingerprint density at radius 3 is 2.59 bits per heavy atom. The van der Waals surface area contributed by atoms with Gasteiger partial charge in [-0.05, 0) is 47.5 Å². The van der Waals surface area contributed by atoms with Crippen molar-refractivity contribution in [1.29, 1.82) is 0 Å². The molecular formula is C26H22Cl2N4O7. The van der Waals surface area contributed by atoms with Crippen molar-refractivity contribution in [2.45, 2.75) is 6.54 Å². The number of halogens is 2. The largest absolute Gasteiger partial charge is 0.493 e. The van der Waals surface area contributed by atoms with Crippen LogP contribution in [0.15, 0.2) is 59.7 Å². The molecule has 0 radical (unpaired) electrons. The Balaban J connectivity index is 1.29. The number of nitrogens with zero attached hydrogens (tertiary/aromatic N) is 1. The van der Waals surface area contributed by atoms with E-state index in [2.05, 4.69) is 21.2 Å². The molecule has 0 unspecified atom stereocenters. The molecule has 0 atom stereocenters. The maximum atomic E-state index is 12.3. The molecule has 0 spiro atoms. The number of hydrogen-bond acceptors (Lipinski definition) is 8. The smallest absolute Gasteiger partial charge is 0.329 e. The van der Waals surface area contributed by atoms with Gasteiger partial charge in [0.1, 0.15) is 0 Å². The zero-order valence-electron chi connectivity index (χ0n) is 20.5. The number of ether oxygens (including phenoxy) is 4. The van der Waals surface area contributed by atoms with Gasteiger partial charge >= 0.3 is 11.8 Å². The summed E-state index contributed by atoms with van der Waals surface area (Å²) < 4.78 is 21.4. The maximum absolute atomic E-state index is 12.3. The Bertz CT molecular complexity index is 1430. The molecular weight excluding hydrogens is 551 g/mol. The van der Waals surface area contributed by atoms with Gasteiger partial charge in [-0.3, -0.25) is 14.4 Å². The summed E-state index contributed by atoms with van der Waals surface area (Å²) in [5.74, 6) is -0.742. The molecule has 3 aromatic carbocycles. The third-order valence-corrected chi connectivity index (χ3v) is 5.83.